The summed E-state index contributed by atoms with van der Waals surface area (Å²) in [6, 6.07) is 2.71. The molecule has 0 fully saturated rings. The highest BCUT2D eigenvalue weighted by atomic mass is 79.9. The van der Waals surface area contributed by atoms with E-state index >= 15 is 0 Å². The van der Waals surface area contributed by atoms with Gasteiger partial charge < -0.3 is 4.74 Å². The molecule has 1 aromatic carbocycles. The summed E-state index contributed by atoms with van der Waals surface area (Å²) in [5.41, 5.74) is 0. The average Bonchev–Trinajstić information content (AvgIpc) is 2.31. The van der Waals surface area contributed by atoms with Crippen molar-refractivity contribution in [1.82, 2.24) is 4.72 Å². The van der Waals surface area contributed by atoms with Crippen molar-refractivity contribution < 1.29 is 17.5 Å². The predicted molar refractivity (Wildman–Crippen MR) is 71.2 cm³/mol. The van der Waals surface area contributed by atoms with E-state index in [1.54, 1.807) is 0 Å². The SMILES string of the molecule is COCC(CBr)NS(=O)(=O)c1cc(F)ccc1Cl. The Kier molecular flexibility index (Phi) is 6.00. The molecule has 1 aromatic rings. The third kappa shape index (κ3) is 4.17. The zero-order valence-corrected chi connectivity index (χ0v) is 12.6. The van der Waals surface area contributed by atoms with Crippen LogP contribution in [-0.4, -0.2) is 33.5 Å². The first-order chi connectivity index (χ1) is 8.40. The summed E-state index contributed by atoms with van der Waals surface area (Å²) >= 11 is 8.92. The summed E-state index contributed by atoms with van der Waals surface area (Å²) in [7, 11) is -2.42. The maximum Gasteiger partial charge on any atom is 0.242 e. The lowest BCUT2D eigenvalue weighted by Crippen LogP contribution is -2.39. The molecule has 0 spiro atoms. The topological polar surface area (TPSA) is 55.4 Å². The van der Waals surface area contributed by atoms with Gasteiger partial charge in [0.1, 0.15) is 10.7 Å². The van der Waals surface area contributed by atoms with Crippen molar-refractivity contribution in [3.8, 4) is 0 Å². The molecule has 4 nitrogen and oxygen atoms in total. The largest absolute Gasteiger partial charge is 0.383 e. The van der Waals surface area contributed by atoms with Crippen LogP contribution in [0.25, 0.3) is 0 Å². The molecular weight excluding hydrogens is 349 g/mol. The van der Waals surface area contributed by atoms with Crippen molar-refractivity contribution in [1.29, 1.82) is 0 Å². The first-order valence-electron chi connectivity index (χ1n) is 4.93. The summed E-state index contributed by atoms with van der Waals surface area (Å²) in [5, 5.41) is 0.335. The number of halogens is 3. The van der Waals surface area contributed by atoms with Gasteiger partial charge in [0.05, 0.1) is 17.7 Å². The molecule has 0 amide bonds. The summed E-state index contributed by atoms with van der Waals surface area (Å²) in [4.78, 5) is -0.286. The minimum absolute atomic E-state index is 0.0327. The van der Waals surface area contributed by atoms with Crippen molar-refractivity contribution in [3.05, 3.63) is 29.0 Å². The maximum absolute atomic E-state index is 13.1. The number of alkyl halides is 1. The van der Waals surface area contributed by atoms with E-state index in [-0.39, 0.29) is 16.5 Å². The Hall–Kier alpha value is -0.210. The molecule has 1 unspecified atom stereocenters. The number of hydrogen-bond donors (Lipinski definition) is 1. The minimum atomic E-state index is -3.88. The van der Waals surface area contributed by atoms with E-state index in [0.29, 0.717) is 5.33 Å². The van der Waals surface area contributed by atoms with Gasteiger partial charge in [-0.1, -0.05) is 27.5 Å². The van der Waals surface area contributed by atoms with Crippen LogP contribution >= 0.6 is 27.5 Å². The van der Waals surface area contributed by atoms with Gasteiger partial charge >= 0.3 is 0 Å². The monoisotopic (exact) mass is 359 g/mol. The van der Waals surface area contributed by atoms with E-state index in [0.717, 1.165) is 12.1 Å². The Balaban J connectivity index is 3.02. The molecule has 0 aliphatic carbocycles. The van der Waals surface area contributed by atoms with E-state index in [9.17, 15) is 12.8 Å². The highest BCUT2D eigenvalue weighted by Crippen LogP contribution is 2.22. The Morgan fingerprint density at radius 3 is 2.78 bits per heavy atom. The predicted octanol–water partition coefficient (Wildman–Crippen LogP) is 2.17. The highest BCUT2D eigenvalue weighted by molar-refractivity contribution is 9.09. The number of hydrogen-bond acceptors (Lipinski definition) is 3. The Labute approximate surface area is 119 Å². The van der Waals surface area contributed by atoms with Crippen LogP contribution in [0.3, 0.4) is 0 Å². The molecule has 1 atom stereocenters. The van der Waals surface area contributed by atoms with Gasteiger partial charge in [0.15, 0.2) is 0 Å². The molecule has 0 bridgehead atoms. The Morgan fingerprint density at radius 2 is 2.22 bits per heavy atom. The third-order valence-electron chi connectivity index (χ3n) is 2.06. The summed E-state index contributed by atoms with van der Waals surface area (Å²) in [5.74, 6) is -0.665. The number of rotatable bonds is 6. The number of nitrogens with one attached hydrogen (secondary N) is 1. The van der Waals surface area contributed by atoms with Crippen LogP contribution in [0.4, 0.5) is 4.39 Å². The van der Waals surface area contributed by atoms with Gasteiger partial charge in [0.25, 0.3) is 0 Å². The Bertz CT molecular complexity index is 512. The van der Waals surface area contributed by atoms with E-state index in [1.807, 2.05) is 0 Å². The third-order valence-corrected chi connectivity index (χ3v) is 4.84. The van der Waals surface area contributed by atoms with Crippen LogP contribution < -0.4 is 4.72 Å². The molecule has 8 heteroatoms. The minimum Gasteiger partial charge on any atom is -0.383 e. The smallest absolute Gasteiger partial charge is 0.242 e. The van der Waals surface area contributed by atoms with Crippen molar-refractivity contribution in [3.63, 3.8) is 0 Å². The summed E-state index contributed by atoms with van der Waals surface area (Å²) in [6.45, 7) is 0.192. The number of benzene rings is 1. The van der Waals surface area contributed by atoms with Gasteiger partial charge in [0, 0.05) is 12.4 Å². The molecular formula is C10H12BrClFNO3S. The van der Waals surface area contributed by atoms with Crippen molar-refractivity contribution >= 4 is 37.6 Å². The summed E-state index contributed by atoms with van der Waals surface area (Å²) in [6.07, 6.45) is 0. The molecule has 18 heavy (non-hydrogen) atoms. The summed E-state index contributed by atoms with van der Waals surface area (Å²) < 4.78 is 44.3. The fourth-order valence-corrected chi connectivity index (χ4v) is 3.57. The van der Waals surface area contributed by atoms with E-state index in [2.05, 4.69) is 20.7 Å². The van der Waals surface area contributed by atoms with E-state index in [4.69, 9.17) is 16.3 Å². The molecule has 0 radical (unpaired) electrons. The maximum atomic E-state index is 13.1. The van der Waals surface area contributed by atoms with Gasteiger partial charge in [-0.15, -0.1) is 0 Å². The Morgan fingerprint density at radius 1 is 1.56 bits per heavy atom. The number of ether oxygens (including phenoxy) is 1. The molecule has 1 N–H and O–H groups in total. The molecule has 0 aromatic heterocycles. The van der Waals surface area contributed by atoms with Crippen molar-refractivity contribution in [2.75, 3.05) is 19.0 Å². The normalized spacial score (nSPS) is 13.6. The van der Waals surface area contributed by atoms with Gasteiger partial charge in [0.2, 0.25) is 10.0 Å². The molecule has 0 heterocycles. The zero-order chi connectivity index (χ0) is 13.8. The lowest BCUT2D eigenvalue weighted by atomic mass is 10.3. The van der Waals surface area contributed by atoms with Crippen molar-refractivity contribution in [2.45, 2.75) is 10.9 Å². The number of sulfonamides is 1. The van der Waals surface area contributed by atoms with E-state index < -0.39 is 21.9 Å². The van der Waals surface area contributed by atoms with Crippen molar-refractivity contribution in [2.24, 2.45) is 0 Å². The number of methoxy groups -OCH3 is 1. The zero-order valence-electron chi connectivity index (χ0n) is 9.49. The van der Waals surface area contributed by atoms with Crippen LogP contribution in [0.15, 0.2) is 23.1 Å². The van der Waals surface area contributed by atoms with Crippen LogP contribution in [0.5, 0.6) is 0 Å². The molecule has 0 aliphatic rings. The van der Waals surface area contributed by atoms with Crippen LogP contribution in [-0.2, 0) is 14.8 Å². The fourth-order valence-electron chi connectivity index (χ4n) is 1.28. The second-order valence-corrected chi connectivity index (χ2v) is 6.24. The molecule has 0 aliphatic heterocycles. The molecule has 0 saturated carbocycles. The van der Waals surface area contributed by atoms with Gasteiger partial charge in [-0.3, -0.25) is 0 Å². The second-order valence-electron chi connectivity index (χ2n) is 3.50. The van der Waals surface area contributed by atoms with Crippen LogP contribution in [0.1, 0.15) is 0 Å². The van der Waals surface area contributed by atoms with Gasteiger partial charge in [-0.25, -0.2) is 17.5 Å². The standard InChI is InChI=1S/C10H12BrClFNO3S/c1-17-6-8(5-11)14-18(15,16)10-4-7(13)2-3-9(10)12/h2-4,8,14H,5-6H2,1H3. The molecule has 0 saturated heterocycles. The fraction of sp³-hybridized carbons (Fsp3) is 0.400. The highest BCUT2D eigenvalue weighted by Gasteiger charge is 2.22. The molecule has 1 rings (SSSR count). The van der Waals surface area contributed by atoms with E-state index in [1.165, 1.54) is 13.2 Å². The van der Waals surface area contributed by atoms with Gasteiger partial charge in [-0.05, 0) is 18.2 Å². The van der Waals surface area contributed by atoms with Crippen LogP contribution in [0, 0.1) is 5.82 Å². The van der Waals surface area contributed by atoms with Crippen LogP contribution in [0.2, 0.25) is 5.02 Å². The second kappa shape index (κ2) is 6.81. The quantitative estimate of drug-likeness (QED) is 0.791. The van der Waals surface area contributed by atoms with Gasteiger partial charge in [-0.2, -0.15) is 0 Å². The average molecular weight is 361 g/mol. The first-order valence-corrected chi connectivity index (χ1v) is 7.91. The lowest BCUT2D eigenvalue weighted by molar-refractivity contribution is 0.182. The lowest BCUT2D eigenvalue weighted by Gasteiger charge is -2.16. The molecule has 102 valence electrons. The first kappa shape index (κ1) is 15.8.